The van der Waals surface area contributed by atoms with Crippen molar-refractivity contribution in [2.45, 2.75) is 25.3 Å². The summed E-state index contributed by atoms with van der Waals surface area (Å²) in [7, 11) is 0. The number of nitrogens with zero attached hydrogens (tertiary/aromatic N) is 2. The van der Waals surface area contributed by atoms with Crippen molar-refractivity contribution in [3.63, 3.8) is 0 Å². The van der Waals surface area contributed by atoms with Gasteiger partial charge in [-0.15, -0.1) is 0 Å². The van der Waals surface area contributed by atoms with Crippen molar-refractivity contribution in [3.8, 4) is 0 Å². The molecule has 2 heterocycles. The normalized spacial score (nSPS) is 23.2. The number of aliphatic carboxylic acids is 1. The number of halogens is 1. The summed E-state index contributed by atoms with van der Waals surface area (Å²) in [5, 5.41) is 9.16. The minimum atomic E-state index is -0.805. The van der Waals surface area contributed by atoms with Crippen molar-refractivity contribution in [2.75, 3.05) is 26.2 Å². The van der Waals surface area contributed by atoms with E-state index in [9.17, 15) is 9.59 Å². The fourth-order valence-electron chi connectivity index (χ4n) is 3.52. The van der Waals surface area contributed by atoms with Crippen molar-refractivity contribution in [1.29, 1.82) is 0 Å². The van der Waals surface area contributed by atoms with Crippen LogP contribution in [0.2, 0.25) is 0 Å². The second-order valence-corrected chi connectivity index (χ2v) is 7.22. The van der Waals surface area contributed by atoms with Gasteiger partial charge < -0.3 is 10.0 Å². The zero-order chi connectivity index (χ0) is 16.4. The van der Waals surface area contributed by atoms with Gasteiger partial charge in [0.25, 0.3) is 0 Å². The molecule has 0 radical (unpaired) electrons. The highest BCUT2D eigenvalue weighted by molar-refractivity contribution is 9.10. The lowest BCUT2D eigenvalue weighted by molar-refractivity contribution is -0.141. The number of carbonyl (C=O) groups excluding carboxylic acids is 1. The quantitative estimate of drug-likeness (QED) is 0.871. The lowest BCUT2D eigenvalue weighted by atomic mass is 10.0. The van der Waals surface area contributed by atoms with Crippen LogP contribution < -0.4 is 0 Å². The molecule has 2 aliphatic heterocycles. The molecule has 6 heteroatoms. The summed E-state index contributed by atoms with van der Waals surface area (Å²) < 4.78 is 0.955. The van der Waals surface area contributed by atoms with Crippen LogP contribution >= 0.6 is 15.9 Å². The average molecular weight is 381 g/mol. The molecule has 1 amide bonds. The molecule has 1 aromatic carbocycles. The number of carboxylic acid groups (broad SMARTS) is 1. The third-order valence-electron chi connectivity index (χ3n) is 4.75. The highest BCUT2D eigenvalue weighted by Gasteiger charge is 2.37. The highest BCUT2D eigenvalue weighted by Crippen LogP contribution is 2.30. The molecule has 0 spiro atoms. The standard InChI is InChI=1S/C17H21BrN2O3/c18-14-5-3-4-12(10-14)15(19-7-1-2-8-19)16(21)20-9-6-13(11-20)17(22)23/h3-5,10,13,15H,1-2,6-9,11H2,(H,22,23). The number of carboxylic acids is 1. The van der Waals surface area contributed by atoms with Gasteiger partial charge in [0.15, 0.2) is 0 Å². The lowest BCUT2D eigenvalue weighted by Crippen LogP contribution is -2.41. The number of hydrogen-bond acceptors (Lipinski definition) is 3. The smallest absolute Gasteiger partial charge is 0.308 e. The molecule has 2 aliphatic rings. The molecular weight excluding hydrogens is 360 g/mol. The van der Waals surface area contributed by atoms with Gasteiger partial charge in [-0.05, 0) is 50.0 Å². The first-order valence-corrected chi connectivity index (χ1v) is 8.86. The van der Waals surface area contributed by atoms with Gasteiger partial charge in [-0.1, -0.05) is 28.1 Å². The zero-order valence-electron chi connectivity index (χ0n) is 12.9. The number of benzene rings is 1. The van der Waals surface area contributed by atoms with E-state index in [2.05, 4.69) is 20.8 Å². The fourth-order valence-corrected chi connectivity index (χ4v) is 3.94. The molecule has 0 bridgehead atoms. The van der Waals surface area contributed by atoms with Gasteiger partial charge >= 0.3 is 5.97 Å². The molecule has 2 saturated heterocycles. The van der Waals surface area contributed by atoms with E-state index >= 15 is 0 Å². The third kappa shape index (κ3) is 3.58. The Hall–Kier alpha value is -1.40. The summed E-state index contributed by atoms with van der Waals surface area (Å²) in [6.45, 7) is 2.69. The van der Waals surface area contributed by atoms with Crippen molar-refractivity contribution in [2.24, 2.45) is 5.92 Å². The van der Waals surface area contributed by atoms with Crippen LogP contribution in [-0.2, 0) is 9.59 Å². The van der Waals surface area contributed by atoms with E-state index in [1.807, 2.05) is 24.3 Å². The molecule has 1 aromatic rings. The van der Waals surface area contributed by atoms with Crippen LogP contribution in [0.25, 0.3) is 0 Å². The summed E-state index contributed by atoms with van der Waals surface area (Å²) in [4.78, 5) is 28.2. The van der Waals surface area contributed by atoms with Crippen LogP contribution in [-0.4, -0.2) is 53.0 Å². The molecule has 0 aromatic heterocycles. The number of rotatable bonds is 4. The summed E-state index contributed by atoms with van der Waals surface area (Å²) in [5.74, 6) is -1.20. The summed E-state index contributed by atoms with van der Waals surface area (Å²) in [6.07, 6.45) is 2.76. The van der Waals surface area contributed by atoms with E-state index in [1.54, 1.807) is 4.90 Å². The highest BCUT2D eigenvalue weighted by atomic mass is 79.9. The van der Waals surface area contributed by atoms with Gasteiger partial charge in [-0.3, -0.25) is 14.5 Å². The number of carbonyl (C=O) groups is 2. The van der Waals surface area contributed by atoms with Gasteiger partial charge in [-0.2, -0.15) is 0 Å². The van der Waals surface area contributed by atoms with E-state index in [-0.39, 0.29) is 11.9 Å². The Morgan fingerprint density at radius 2 is 1.96 bits per heavy atom. The van der Waals surface area contributed by atoms with Crippen LogP contribution in [0, 0.1) is 5.92 Å². The zero-order valence-corrected chi connectivity index (χ0v) is 14.5. The molecule has 2 fully saturated rings. The van der Waals surface area contributed by atoms with Crippen LogP contribution in [0.5, 0.6) is 0 Å². The monoisotopic (exact) mass is 380 g/mol. The largest absolute Gasteiger partial charge is 0.481 e. The molecular formula is C17H21BrN2O3. The second kappa shape index (κ2) is 7.01. The first-order valence-electron chi connectivity index (χ1n) is 8.07. The molecule has 0 saturated carbocycles. The number of likely N-dealkylation sites (tertiary alicyclic amines) is 2. The van der Waals surface area contributed by atoms with E-state index in [0.29, 0.717) is 19.5 Å². The number of hydrogen-bond donors (Lipinski definition) is 1. The van der Waals surface area contributed by atoms with Crippen LogP contribution in [0.1, 0.15) is 30.9 Å². The Kier molecular flexibility index (Phi) is 5.02. The van der Waals surface area contributed by atoms with Gasteiger partial charge in [0.05, 0.1) is 5.92 Å². The molecule has 5 nitrogen and oxygen atoms in total. The maximum atomic E-state index is 13.1. The van der Waals surface area contributed by atoms with E-state index in [4.69, 9.17) is 5.11 Å². The average Bonchev–Trinajstić information content (AvgIpc) is 3.19. The van der Waals surface area contributed by atoms with E-state index in [1.165, 1.54) is 0 Å². The van der Waals surface area contributed by atoms with Crippen molar-refractivity contribution in [1.82, 2.24) is 9.80 Å². The first-order chi connectivity index (χ1) is 11.1. The topological polar surface area (TPSA) is 60.9 Å². The number of amides is 1. The molecule has 2 unspecified atom stereocenters. The van der Waals surface area contributed by atoms with Crippen molar-refractivity contribution >= 4 is 27.8 Å². The van der Waals surface area contributed by atoms with E-state index in [0.717, 1.165) is 36.0 Å². The lowest BCUT2D eigenvalue weighted by Gasteiger charge is -2.30. The van der Waals surface area contributed by atoms with Crippen LogP contribution in [0.4, 0.5) is 0 Å². The Bertz CT molecular complexity index is 601. The minimum Gasteiger partial charge on any atom is -0.481 e. The van der Waals surface area contributed by atoms with Crippen molar-refractivity contribution in [3.05, 3.63) is 34.3 Å². The summed E-state index contributed by atoms with van der Waals surface area (Å²) in [5.41, 5.74) is 0.977. The summed E-state index contributed by atoms with van der Waals surface area (Å²) in [6, 6.07) is 7.57. The maximum absolute atomic E-state index is 13.1. The third-order valence-corrected chi connectivity index (χ3v) is 5.25. The molecule has 23 heavy (non-hydrogen) atoms. The van der Waals surface area contributed by atoms with Gasteiger partial charge in [0, 0.05) is 17.6 Å². The van der Waals surface area contributed by atoms with Gasteiger partial charge in [0.1, 0.15) is 6.04 Å². The Labute approximate surface area is 144 Å². The Morgan fingerprint density at radius 3 is 2.57 bits per heavy atom. The Balaban J connectivity index is 1.83. The second-order valence-electron chi connectivity index (χ2n) is 6.31. The minimum absolute atomic E-state index is 0.0359. The van der Waals surface area contributed by atoms with Crippen molar-refractivity contribution < 1.29 is 14.7 Å². The maximum Gasteiger partial charge on any atom is 0.308 e. The van der Waals surface area contributed by atoms with Gasteiger partial charge in [0.2, 0.25) is 5.91 Å². The predicted molar refractivity (Wildman–Crippen MR) is 90.0 cm³/mol. The van der Waals surface area contributed by atoms with Gasteiger partial charge in [-0.25, -0.2) is 0 Å². The van der Waals surface area contributed by atoms with E-state index < -0.39 is 11.9 Å². The van der Waals surface area contributed by atoms with Crippen LogP contribution in [0.3, 0.4) is 0 Å². The SMILES string of the molecule is O=C(O)C1CCN(C(=O)C(c2cccc(Br)c2)N2CCCC2)C1. The molecule has 124 valence electrons. The predicted octanol–water partition coefficient (Wildman–Crippen LogP) is 2.52. The van der Waals surface area contributed by atoms with Crippen LogP contribution in [0.15, 0.2) is 28.7 Å². The molecule has 0 aliphatic carbocycles. The Morgan fingerprint density at radius 1 is 1.22 bits per heavy atom. The molecule has 2 atom stereocenters. The molecule has 3 rings (SSSR count). The fraction of sp³-hybridized carbons (Fsp3) is 0.529. The summed E-state index contributed by atoms with van der Waals surface area (Å²) >= 11 is 3.48. The first kappa shape index (κ1) is 16.5. The molecule has 1 N–H and O–H groups in total.